The molecular weight excluding hydrogens is 171 g/mol. The Morgan fingerprint density at radius 2 is 1.92 bits per heavy atom. The number of ether oxygens (including phenoxy) is 1. The third-order valence-electron chi connectivity index (χ3n) is 1.28. The summed E-state index contributed by atoms with van der Waals surface area (Å²) in [7, 11) is 0. The third kappa shape index (κ3) is 4.09. The van der Waals surface area contributed by atoms with Gasteiger partial charge in [0.2, 0.25) is 0 Å². The molecule has 0 radical (unpaired) electrons. The molecule has 0 aromatic heterocycles. The first-order valence-corrected chi connectivity index (χ1v) is 3.46. The van der Waals surface area contributed by atoms with Crippen LogP contribution in [0.1, 0.15) is 12.5 Å². The number of hydrogen-bond donors (Lipinski definition) is 0. The molecule has 0 saturated carbocycles. The molecule has 1 aromatic rings. The van der Waals surface area contributed by atoms with Crippen LogP contribution in [0.25, 0.3) is 0 Å². The molecule has 1 unspecified atom stereocenters. The molecule has 0 fully saturated rings. The average Bonchev–Trinajstić information content (AvgIpc) is 2.03. The van der Waals surface area contributed by atoms with Gasteiger partial charge in [-0.3, -0.25) is 4.79 Å². The zero-order valence-corrected chi connectivity index (χ0v) is 8.53. The second-order valence-electron chi connectivity index (χ2n) is 2.27. The Morgan fingerprint density at radius 1 is 1.33 bits per heavy atom. The molecule has 0 saturated heterocycles. The topological polar surface area (TPSA) is 26.3 Å². The van der Waals surface area contributed by atoms with E-state index in [9.17, 15) is 4.79 Å². The van der Waals surface area contributed by atoms with Gasteiger partial charge in [-0.15, -0.1) is 0 Å². The summed E-state index contributed by atoms with van der Waals surface area (Å²) in [6, 6.07) is 9.60. The predicted octanol–water partition coefficient (Wildman–Crippen LogP) is 1.81. The highest BCUT2D eigenvalue weighted by Crippen LogP contribution is 1.99. The van der Waals surface area contributed by atoms with Gasteiger partial charge in [0.25, 0.3) is 0 Å². The maximum atomic E-state index is 10.4. The second kappa shape index (κ2) is 5.73. The molecule has 0 aliphatic rings. The van der Waals surface area contributed by atoms with Gasteiger partial charge in [0.05, 0.1) is 0 Å². The summed E-state index contributed by atoms with van der Waals surface area (Å²) in [5.41, 5.74) is 1.02. The van der Waals surface area contributed by atoms with Crippen LogP contribution in [0.4, 0.5) is 0 Å². The Hall–Kier alpha value is -0.880. The maximum Gasteiger partial charge on any atom is 0.302 e. The van der Waals surface area contributed by atoms with Crippen LogP contribution in [0, 0.1) is 0 Å². The molecule has 0 amide bonds. The van der Waals surface area contributed by atoms with E-state index in [0.717, 1.165) is 5.56 Å². The summed E-state index contributed by atoms with van der Waals surface area (Å²) < 4.78 is 4.79. The van der Waals surface area contributed by atoms with E-state index in [1.807, 2.05) is 30.3 Å². The molecule has 0 aliphatic carbocycles. The third-order valence-corrected chi connectivity index (χ3v) is 1.28. The molecule has 0 heterocycles. The number of carbonyl (C=O) groups excluding carboxylic acids is 1. The highest BCUT2D eigenvalue weighted by Gasteiger charge is 1.93. The van der Waals surface area contributed by atoms with Crippen LogP contribution in [0.3, 0.4) is 0 Å². The van der Waals surface area contributed by atoms with Crippen molar-refractivity contribution in [2.24, 2.45) is 0 Å². The summed E-state index contributed by atoms with van der Waals surface area (Å²) in [5, 5.41) is 0. The molecule has 0 spiro atoms. The van der Waals surface area contributed by atoms with Gasteiger partial charge in [-0.2, -0.15) is 9.90 Å². The van der Waals surface area contributed by atoms with Crippen molar-refractivity contribution < 1.29 is 9.53 Å². The molecule has 3 heteroatoms. The van der Waals surface area contributed by atoms with Crippen LogP contribution in [-0.2, 0) is 16.1 Å². The molecule has 1 atom stereocenters. The average molecular weight is 184 g/mol. The van der Waals surface area contributed by atoms with E-state index in [2.05, 4.69) is 0 Å². The lowest BCUT2D eigenvalue weighted by molar-refractivity contribution is -0.142. The van der Waals surface area contributed by atoms with Gasteiger partial charge < -0.3 is 4.74 Å². The monoisotopic (exact) mass is 184 g/mol. The van der Waals surface area contributed by atoms with E-state index in [-0.39, 0.29) is 15.9 Å². The highest BCUT2D eigenvalue weighted by atomic mass is 31.0. The minimum Gasteiger partial charge on any atom is -0.461 e. The van der Waals surface area contributed by atoms with Crippen LogP contribution in [-0.4, -0.2) is 5.97 Å². The molecule has 1 rings (SSSR count). The highest BCUT2D eigenvalue weighted by molar-refractivity contribution is 6.92. The number of benzene rings is 1. The number of hydrogen-bond acceptors (Lipinski definition) is 2. The molecular formula is C9H13O2P. The van der Waals surface area contributed by atoms with Crippen molar-refractivity contribution in [1.82, 2.24) is 0 Å². The van der Waals surface area contributed by atoms with Crippen molar-refractivity contribution >= 4 is 15.9 Å². The van der Waals surface area contributed by atoms with E-state index >= 15 is 0 Å². The van der Waals surface area contributed by atoms with E-state index in [0.29, 0.717) is 6.61 Å². The fourth-order valence-electron chi connectivity index (χ4n) is 0.759. The van der Waals surface area contributed by atoms with E-state index < -0.39 is 0 Å². The zero-order valence-electron chi connectivity index (χ0n) is 7.12. The summed E-state index contributed by atoms with van der Waals surface area (Å²) in [6.45, 7) is 1.78. The first-order chi connectivity index (χ1) is 5.29. The Kier molecular flexibility index (Phi) is 5.31. The van der Waals surface area contributed by atoms with Gasteiger partial charge in [0.1, 0.15) is 6.61 Å². The summed E-state index contributed by atoms with van der Waals surface area (Å²) in [6.07, 6.45) is 0. The van der Waals surface area contributed by atoms with Crippen molar-refractivity contribution in [2.45, 2.75) is 13.5 Å². The van der Waals surface area contributed by atoms with Gasteiger partial charge >= 0.3 is 5.97 Å². The summed E-state index contributed by atoms with van der Waals surface area (Å²) >= 11 is 0. The largest absolute Gasteiger partial charge is 0.461 e. The fourth-order valence-corrected chi connectivity index (χ4v) is 0.759. The summed E-state index contributed by atoms with van der Waals surface area (Å²) in [5.74, 6) is -0.242. The minimum atomic E-state index is -0.242. The van der Waals surface area contributed by atoms with Crippen molar-refractivity contribution in [3.8, 4) is 0 Å². The standard InChI is InChI=1S/C9H10O2.H3P/c1-8(10)11-7-9-5-3-2-4-6-9;/h2-6H,7H2,1H3;1H3. The first kappa shape index (κ1) is 11.1. The van der Waals surface area contributed by atoms with Crippen LogP contribution < -0.4 is 0 Å². The first-order valence-electron chi connectivity index (χ1n) is 3.46. The number of esters is 1. The van der Waals surface area contributed by atoms with Crippen LogP contribution in [0.5, 0.6) is 0 Å². The lowest BCUT2D eigenvalue weighted by Crippen LogP contribution is -1.97. The lowest BCUT2D eigenvalue weighted by Gasteiger charge is -1.99. The van der Waals surface area contributed by atoms with E-state index in [1.165, 1.54) is 6.92 Å². The normalized spacial score (nSPS) is 8.42. The Balaban J connectivity index is 0.00000121. The maximum absolute atomic E-state index is 10.4. The van der Waals surface area contributed by atoms with Gasteiger partial charge in [0.15, 0.2) is 0 Å². The fraction of sp³-hybridized carbons (Fsp3) is 0.222. The lowest BCUT2D eigenvalue weighted by atomic mass is 10.2. The van der Waals surface area contributed by atoms with Crippen molar-refractivity contribution in [1.29, 1.82) is 0 Å². The number of carbonyl (C=O) groups is 1. The van der Waals surface area contributed by atoms with Crippen molar-refractivity contribution in [3.05, 3.63) is 35.9 Å². The number of rotatable bonds is 2. The smallest absolute Gasteiger partial charge is 0.302 e. The minimum absolute atomic E-state index is 0. The Bertz CT molecular complexity index is 234. The van der Waals surface area contributed by atoms with Gasteiger partial charge in [-0.1, -0.05) is 30.3 Å². The Labute approximate surface area is 75.6 Å². The van der Waals surface area contributed by atoms with Crippen LogP contribution in [0.2, 0.25) is 0 Å². The molecule has 66 valence electrons. The van der Waals surface area contributed by atoms with Crippen molar-refractivity contribution in [2.75, 3.05) is 0 Å². The van der Waals surface area contributed by atoms with Crippen LogP contribution >= 0.6 is 9.90 Å². The molecule has 2 nitrogen and oxygen atoms in total. The molecule has 1 aromatic carbocycles. The van der Waals surface area contributed by atoms with E-state index in [4.69, 9.17) is 4.74 Å². The molecule has 0 bridgehead atoms. The van der Waals surface area contributed by atoms with Crippen molar-refractivity contribution in [3.63, 3.8) is 0 Å². The van der Waals surface area contributed by atoms with Crippen LogP contribution in [0.15, 0.2) is 30.3 Å². The Morgan fingerprint density at radius 3 is 2.42 bits per heavy atom. The summed E-state index contributed by atoms with van der Waals surface area (Å²) in [4.78, 5) is 10.4. The van der Waals surface area contributed by atoms with Gasteiger partial charge in [-0.25, -0.2) is 0 Å². The quantitative estimate of drug-likeness (QED) is 0.517. The van der Waals surface area contributed by atoms with E-state index in [1.54, 1.807) is 0 Å². The molecule has 0 aliphatic heterocycles. The zero-order chi connectivity index (χ0) is 8.10. The van der Waals surface area contributed by atoms with Gasteiger partial charge in [-0.05, 0) is 5.56 Å². The molecule has 12 heavy (non-hydrogen) atoms. The molecule has 0 N–H and O–H groups in total. The predicted molar refractivity (Wildman–Crippen MR) is 53.0 cm³/mol. The SMILES string of the molecule is CC(=O)OCc1ccccc1.P. The van der Waals surface area contributed by atoms with Gasteiger partial charge in [0, 0.05) is 6.92 Å². The second-order valence-corrected chi connectivity index (χ2v) is 2.27.